The minimum atomic E-state index is -1.17. The third kappa shape index (κ3) is 5.18. The Kier molecular flexibility index (Phi) is 7.84. The molecule has 9 heteroatoms. The Balaban J connectivity index is 1.06. The first-order valence-corrected chi connectivity index (χ1v) is 17.7. The Labute approximate surface area is 256 Å². The van der Waals surface area contributed by atoms with Gasteiger partial charge in [0.15, 0.2) is 5.78 Å². The van der Waals surface area contributed by atoms with Gasteiger partial charge >= 0.3 is 0 Å². The number of nitrogens with one attached hydrogen (secondary N) is 2. The van der Waals surface area contributed by atoms with Gasteiger partial charge in [-0.3, -0.25) is 9.59 Å². The van der Waals surface area contributed by atoms with Crippen molar-refractivity contribution in [1.82, 2.24) is 25.3 Å². The van der Waals surface area contributed by atoms with Crippen molar-refractivity contribution in [3.63, 3.8) is 0 Å². The van der Waals surface area contributed by atoms with Gasteiger partial charge < -0.3 is 30.1 Å². The van der Waals surface area contributed by atoms with E-state index in [2.05, 4.69) is 32.4 Å². The van der Waals surface area contributed by atoms with Crippen molar-refractivity contribution in [3.05, 3.63) is 11.8 Å². The van der Waals surface area contributed by atoms with Gasteiger partial charge in [0, 0.05) is 37.3 Å². The number of fused-ring (bicyclic) bond motifs is 6. The number of carbonyl (C=O) groups excluding carboxylic acids is 2. The average Bonchev–Trinajstić information content (AvgIpc) is 3.43. The predicted octanol–water partition coefficient (Wildman–Crippen LogP) is 2.87. The van der Waals surface area contributed by atoms with Crippen LogP contribution in [0.4, 0.5) is 4.39 Å². The van der Waals surface area contributed by atoms with Gasteiger partial charge in [0.1, 0.15) is 6.17 Å². The number of halogens is 1. The van der Waals surface area contributed by atoms with Gasteiger partial charge in [-0.05, 0) is 95.8 Å². The molecule has 43 heavy (non-hydrogen) atoms. The smallest absolute Gasteiger partial charge is 0.256 e. The highest BCUT2D eigenvalue weighted by Crippen LogP contribution is 2.50. The highest BCUT2D eigenvalue weighted by Gasteiger charge is 2.60. The summed E-state index contributed by atoms with van der Waals surface area (Å²) in [6, 6.07) is 0.293. The van der Waals surface area contributed by atoms with Crippen LogP contribution in [0.3, 0.4) is 0 Å². The minimum absolute atomic E-state index is 0.0223. The molecular weight excluding hydrogens is 545 g/mol. The molecule has 6 aliphatic heterocycles. The number of likely N-dealkylation sites (tertiary alicyclic amines) is 1. The van der Waals surface area contributed by atoms with E-state index in [0.717, 1.165) is 51.9 Å². The Morgan fingerprint density at radius 2 is 1.79 bits per heavy atom. The molecule has 10 unspecified atom stereocenters. The Morgan fingerprint density at radius 3 is 2.51 bits per heavy atom. The van der Waals surface area contributed by atoms with Crippen LogP contribution in [0, 0.1) is 23.7 Å². The molecule has 0 spiro atoms. The summed E-state index contributed by atoms with van der Waals surface area (Å²) in [5.74, 6) is 0.941. The number of alkyl halides is 1. The van der Waals surface area contributed by atoms with Crippen LogP contribution in [0.15, 0.2) is 11.8 Å². The van der Waals surface area contributed by atoms with E-state index in [1.54, 1.807) is 0 Å². The zero-order chi connectivity index (χ0) is 29.2. The molecular formula is C34H52FN5O3. The molecule has 238 valence electrons. The zero-order valence-electron chi connectivity index (χ0n) is 26.0. The van der Waals surface area contributed by atoms with Gasteiger partial charge in [0.25, 0.3) is 5.91 Å². The number of ether oxygens (including phenoxy) is 1. The van der Waals surface area contributed by atoms with E-state index in [9.17, 15) is 9.59 Å². The van der Waals surface area contributed by atoms with E-state index in [1.807, 2.05) is 6.20 Å². The van der Waals surface area contributed by atoms with E-state index in [1.165, 1.54) is 44.9 Å². The number of ketones is 1. The zero-order valence-corrected chi connectivity index (χ0v) is 26.0. The van der Waals surface area contributed by atoms with E-state index in [0.29, 0.717) is 30.3 Å². The van der Waals surface area contributed by atoms with Gasteiger partial charge in [-0.15, -0.1) is 0 Å². The van der Waals surface area contributed by atoms with E-state index in [-0.39, 0.29) is 54.0 Å². The number of carbonyl (C=O) groups is 2. The van der Waals surface area contributed by atoms with Crippen LogP contribution in [-0.2, 0) is 14.3 Å². The number of Topliss-reactive ketones (excluding diaryl/α,β-unsaturated/α-hetero) is 1. The molecule has 8 fully saturated rings. The van der Waals surface area contributed by atoms with Gasteiger partial charge in [0.2, 0.25) is 0 Å². The van der Waals surface area contributed by atoms with Crippen molar-refractivity contribution >= 4 is 11.7 Å². The fourth-order valence-electron chi connectivity index (χ4n) is 10.8. The summed E-state index contributed by atoms with van der Waals surface area (Å²) in [6.07, 6.45) is 13.3. The number of morpholine rings is 1. The standard InChI is InChI=1S/C34H52FN5O3/c1-38-12-4-7-23(38)8-11-36-34(42)25-18-40-28-15-21-5-2-3-6-22(21)16-29(28)43-33-30(26(35)17-24(31(33)40)32(25)41)37-27-19-39-13-9-20(27)10-14-39/h18,20-24,26-31,33,37H,2-17,19H2,1H3,(H,36,42)/t21?,22?,23?,24?,26?,27-,28?,29?,30?,31?,33?/m0/s1. The first-order valence-electron chi connectivity index (χ1n) is 17.7. The molecule has 0 radical (unpaired) electrons. The van der Waals surface area contributed by atoms with E-state index < -0.39 is 18.1 Å². The third-order valence-electron chi connectivity index (χ3n) is 13.2. The van der Waals surface area contributed by atoms with Crippen LogP contribution < -0.4 is 10.6 Å². The van der Waals surface area contributed by atoms with Crippen LogP contribution in [0.1, 0.15) is 77.0 Å². The first kappa shape index (κ1) is 28.9. The molecule has 3 aliphatic carbocycles. The van der Waals surface area contributed by atoms with Crippen LogP contribution >= 0.6 is 0 Å². The number of amides is 1. The van der Waals surface area contributed by atoms with Crippen LogP contribution in [0.25, 0.3) is 0 Å². The number of hydrogen-bond donors (Lipinski definition) is 2. The summed E-state index contributed by atoms with van der Waals surface area (Å²) >= 11 is 0. The summed E-state index contributed by atoms with van der Waals surface area (Å²) in [5.41, 5.74) is 0.238. The van der Waals surface area contributed by atoms with E-state index in [4.69, 9.17) is 4.74 Å². The Morgan fingerprint density at radius 1 is 1.00 bits per heavy atom. The second-order valence-corrected chi connectivity index (χ2v) is 15.4. The summed E-state index contributed by atoms with van der Waals surface area (Å²) in [7, 11) is 2.15. The molecule has 9 aliphatic rings. The van der Waals surface area contributed by atoms with Crippen molar-refractivity contribution in [3.8, 4) is 0 Å². The lowest BCUT2D eigenvalue weighted by Crippen LogP contribution is -2.74. The topological polar surface area (TPSA) is 77.2 Å². The molecule has 1 amide bonds. The Hall–Kier alpha value is -1.55. The number of hydrogen-bond acceptors (Lipinski definition) is 7. The number of piperidine rings is 3. The lowest BCUT2D eigenvalue weighted by Gasteiger charge is -2.61. The molecule has 9 rings (SSSR count). The molecule has 2 bridgehead atoms. The molecule has 0 aromatic rings. The highest BCUT2D eigenvalue weighted by molar-refractivity contribution is 6.20. The van der Waals surface area contributed by atoms with E-state index >= 15 is 4.39 Å². The SMILES string of the molecule is CN1CCCC1CCNC(=O)C1=CN2C3CC4CCCCC4CC3OC3C(N[C@H]4CN5CCC4CC5)C(F)CC(C1=O)C32. The van der Waals surface area contributed by atoms with Gasteiger partial charge in [-0.2, -0.15) is 0 Å². The van der Waals surface area contributed by atoms with Crippen molar-refractivity contribution in [2.75, 3.05) is 39.8 Å². The van der Waals surface area contributed by atoms with Gasteiger partial charge in [-0.1, -0.05) is 25.7 Å². The average molecular weight is 598 g/mol. The largest absolute Gasteiger partial charge is 0.369 e. The normalized spacial score (nSPS) is 47.4. The number of nitrogens with zero attached hydrogens (tertiary/aromatic N) is 3. The molecule has 11 atom stereocenters. The molecule has 0 aromatic carbocycles. The second kappa shape index (κ2) is 11.7. The minimum Gasteiger partial charge on any atom is -0.369 e. The van der Waals surface area contributed by atoms with Crippen molar-refractivity contribution < 1.29 is 18.7 Å². The van der Waals surface area contributed by atoms with Gasteiger partial charge in [0.05, 0.1) is 35.9 Å². The molecule has 5 saturated heterocycles. The lowest BCUT2D eigenvalue weighted by atomic mass is 9.64. The van der Waals surface area contributed by atoms with Crippen LogP contribution in [0.5, 0.6) is 0 Å². The second-order valence-electron chi connectivity index (χ2n) is 15.4. The maximum atomic E-state index is 16.4. The summed E-state index contributed by atoms with van der Waals surface area (Å²) < 4.78 is 23.4. The fourth-order valence-corrected chi connectivity index (χ4v) is 10.8. The fraction of sp³-hybridized carbons (Fsp3) is 0.882. The monoisotopic (exact) mass is 597 g/mol. The lowest BCUT2D eigenvalue weighted by molar-refractivity contribution is -0.210. The van der Waals surface area contributed by atoms with Gasteiger partial charge in [-0.25, -0.2) is 4.39 Å². The maximum absolute atomic E-state index is 16.4. The summed E-state index contributed by atoms with van der Waals surface area (Å²) in [6.45, 7) is 4.95. The number of rotatable bonds is 6. The van der Waals surface area contributed by atoms with Crippen molar-refractivity contribution in [2.45, 2.75) is 126 Å². The summed E-state index contributed by atoms with van der Waals surface area (Å²) in [5, 5.41) is 6.89. The predicted molar refractivity (Wildman–Crippen MR) is 162 cm³/mol. The first-order chi connectivity index (χ1) is 20.9. The molecule has 2 N–H and O–H groups in total. The van der Waals surface area contributed by atoms with Crippen molar-refractivity contribution in [2.24, 2.45) is 23.7 Å². The Bertz CT molecular complexity index is 1110. The molecule has 6 heterocycles. The summed E-state index contributed by atoms with van der Waals surface area (Å²) in [4.78, 5) is 34.8. The quantitative estimate of drug-likeness (QED) is 0.456. The highest BCUT2D eigenvalue weighted by atomic mass is 19.1. The van der Waals surface area contributed by atoms with Crippen LogP contribution in [0.2, 0.25) is 0 Å². The third-order valence-corrected chi connectivity index (χ3v) is 13.2. The maximum Gasteiger partial charge on any atom is 0.256 e. The van der Waals surface area contributed by atoms with Crippen LogP contribution in [-0.4, -0.2) is 115 Å². The molecule has 3 saturated carbocycles. The molecule has 0 aromatic heterocycles. The molecule has 8 nitrogen and oxygen atoms in total. The van der Waals surface area contributed by atoms with Crippen molar-refractivity contribution in [1.29, 1.82) is 0 Å².